The Bertz CT molecular complexity index is 969. The molecule has 0 aliphatic heterocycles. The summed E-state index contributed by atoms with van der Waals surface area (Å²) < 4.78 is 14.2. The van der Waals surface area contributed by atoms with E-state index in [2.05, 4.69) is 15.2 Å². The van der Waals surface area contributed by atoms with Gasteiger partial charge in [-0.25, -0.2) is 9.55 Å². The molecule has 1 aliphatic carbocycles. The number of aromatic nitrogens is 4. The zero-order valence-corrected chi connectivity index (χ0v) is 18.9. The molecule has 1 aromatic carbocycles. The second kappa shape index (κ2) is 9.66. The predicted molar refractivity (Wildman–Crippen MR) is 120 cm³/mol. The van der Waals surface area contributed by atoms with Crippen molar-refractivity contribution in [1.29, 1.82) is 0 Å². The van der Waals surface area contributed by atoms with Crippen LogP contribution in [-0.4, -0.2) is 51.1 Å². The molecule has 31 heavy (non-hydrogen) atoms. The number of hydrogen-bond donors (Lipinski definition) is 0. The largest absolute Gasteiger partial charge is 0.474 e. The number of hydrogen-bond acceptors (Lipinski definition) is 6. The van der Waals surface area contributed by atoms with Gasteiger partial charge in [-0.05, 0) is 77.0 Å². The van der Waals surface area contributed by atoms with Crippen molar-refractivity contribution in [3.63, 3.8) is 0 Å². The first-order valence-electron chi connectivity index (χ1n) is 10.6. The third kappa shape index (κ3) is 5.17. The Morgan fingerprint density at radius 3 is 2.42 bits per heavy atom. The minimum Gasteiger partial charge on any atom is -0.474 e. The highest BCUT2D eigenvalue weighted by molar-refractivity contribution is 6.30. The lowest BCUT2D eigenvalue weighted by Crippen LogP contribution is -2.31. The maximum Gasteiger partial charge on any atom is 0.323 e. The summed E-state index contributed by atoms with van der Waals surface area (Å²) >= 11 is 6.11. The molecule has 0 saturated heterocycles. The molecule has 3 aromatic rings. The Kier molecular flexibility index (Phi) is 6.73. The van der Waals surface area contributed by atoms with E-state index in [0.29, 0.717) is 16.9 Å². The molecular formula is C23H28ClN5O2. The lowest BCUT2D eigenvalue weighted by molar-refractivity contribution is 0.0696. The highest BCUT2D eigenvalue weighted by atomic mass is 35.5. The Labute approximate surface area is 188 Å². The molecule has 1 fully saturated rings. The van der Waals surface area contributed by atoms with Crippen LogP contribution in [0.25, 0.3) is 5.69 Å². The van der Waals surface area contributed by atoms with E-state index in [0.717, 1.165) is 37.2 Å². The maximum absolute atomic E-state index is 6.11. The molecule has 1 atom stereocenters. The average molecular weight is 442 g/mol. The monoisotopic (exact) mass is 441 g/mol. The van der Waals surface area contributed by atoms with Gasteiger partial charge in [0.15, 0.2) is 6.23 Å². The molecule has 0 N–H and O–H groups in total. The van der Waals surface area contributed by atoms with Gasteiger partial charge in [0.25, 0.3) is 0 Å². The van der Waals surface area contributed by atoms with Crippen LogP contribution in [0.4, 0.5) is 0 Å². The van der Waals surface area contributed by atoms with Crippen molar-refractivity contribution >= 4 is 11.6 Å². The van der Waals surface area contributed by atoms with Crippen LogP contribution in [0, 0.1) is 0 Å². The zero-order chi connectivity index (χ0) is 21.8. The highest BCUT2D eigenvalue weighted by Gasteiger charge is 2.30. The van der Waals surface area contributed by atoms with Crippen LogP contribution in [-0.2, 0) is 0 Å². The molecule has 2 aromatic heterocycles. The minimum atomic E-state index is -0.134. The lowest BCUT2D eigenvalue weighted by atomic mass is 9.86. The van der Waals surface area contributed by atoms with Crippen LogP contribution in [0.15, 0.2) is 48.7 Å². The van der Waals surface area contributed by atoms with Gasteiger partial charge in [-0.1, -0.05) is 22.8 Å². The summed E-state index contributed by atoms with van der Waals surface area (Å²) in [6.07, 6.45) is 5.61. The molecule has 1 unspecified atom stereocenters. The fourth-order valence-corrected chi connectivity index (χ4v) is 3.87. The van der Waals surface area contributed by atoms with E-state index in [-0.39, 0.29) is 18.2 Å². The predicted octanol–water partition coefficient (Wildman–Crippen LogP) is 4.71. The third-order valence-electron chi connectivity index (χ3n) is 5.71. The van der Waals surface area contributed by atoms with Crippen LogP contribution >= 0.6 is 11.6 Å². The third-order valence-corrected chi connectivity index (χ3v) is 5.96. The maximum atomic E-state index is 6.11. The molecular weight excluding hydrogens is 414 g/mol. The number of nitrogens with zero attached hydrogens (tertiary/aromatic N) is 5. The summed E-state index contributed by atoms with van der Waals surface area (Å²) in [7, 11) is 3.94. The molecule has 4 rings (SSSR count). The van der Waals surface area contributed by atoms with Crippen LogP contribution in [0.3, 0.4) is 0 Å². The molecule has 8 heteroatoms. The van der Waals surface area contributed by atoms with Crippen molar-refractivity contribution < 1.29 is 9.47 Å². The lowest BCUT2D eigenvalue weighted by Gasteiger charge is -2.28. The van der Waals surface area contributed by atoms with Crippen LogP contribution in [0.2, 0.25) is 5.02 Å². The summed E-state index contributed by atoms with van der Waals surface area (Å²) in [4.78, 5) is 6.26. The summed E-state index contributed by atoms with van der Waals surface area (Å²) in [5, 5.41) is 9.62. The minimum absolute atomic E-state index is 0.134. The first kappa shape index (κ1) is 21.6. The van der Waals surface area contributed by atoms with Crippen molar-refractivity contribution in [1.82, 2.24) is 24.6 Å². The fourth-order valence-electron chi connectivity index (χ4n) is 3.74. The first-order valence-corrected chi connectivity index (χ1v) is 11.0. The summed E-state index contributed by atoms with van der Waals surface area (Å²) in [5.74, 6) is 1.88. The topological polar surface area (TPSA) is 65.3 Å². The number of pyridine rings is 1. The van der Waals surface area contributed by atoms with Crippen molar-refractivity contribution in [2.75, 3.05) is 14.1 Å². The zero-order valence-electron chi connectivity index (χ0n) is 18.1. The van der Waals surface area contributed by atoms with Crippen molar-refractivity contribution in [3.05, 3.63) is 59.5 Å². The van der Waals surface area contributed by atoms with E-state index in [4.69, 9.17) is 21.1 Å². The van der Waals surface area contributed by atoms with E-state index < -0.39 is 0 Å². The first-order chi connectivity index (χ1) is 15.0. The van der Waals surface area contributed by atoms with Crippen LogP contribution in [0.5, 0.6) is 11.9 Å². The highest BCUT2D eigenvalue weighted by Crippen LogP contribution is 2.36. The van der Waals surface area contributed by atoms with Crippen molar-refractivity contribution in [3.8, 4) is 17.6 Å². The number of rotatable bonds is 7. The molecule has 1 saturated carbocycles. The number of halogens is 1. The van der Waals surface area contributed by atoms with Gasteiger partial charge in [-0.3, -0.25) is 4.90 Å². The fraction of sp³-hybridized carbons (Fsp3) is 0.435. The molecule has 2 heterocycles. The quantitative estimate of drug-likeness (QED) is 0.495. The SMILES string of the molecule is CC(Oc1nnc(C2CCC(Oc3ccccn3)CC2)n1-c1ccc(Cl)cc1)N(C)C. The van der Waals surface area contributed by atoms with Gasteiger partial charge in [0.1, 0.15) is 11.9 Å². The van der Waals surface area contributed by atoms with Crippen molar-refractivity contribution in [2.24, 2.45) is 0 Å². The second-order valence-corrected chi connectivity index (χ2v) is 8.53. The molecule has 0 radical (unpaired) electrons. The molecule has 1 aliphatic rings. The van der Waals surface area contributed by atoms with Gasteiger partial charge in [-0.15, -0.1) is 5.10 Å². The van der Waals surface area contributed by atoms with Gasteiger partial charge in [0, 0.05) is 23.2 Å². The number of benzene rings is 1. The molecule has 164 valence electrons. The van der Waals surface area contributed by atoms with Crippen LogP contribution < -0.4 is 9.47 Å². The van der Waals surface area contributed by atoms with E-state index in [1.165, 1.54) is 0 Å². The Morgan fingerprint density at radius 2 is 1.77 bits per heavy atom. The Balaban J connectivity index is 1.54. The van der Waals surface area contributed by atoms with Crippen LogP contribution in [0.1, 0.15) is 44.3 Å². The summed E-state index contributed by atoms with van der Waals surface area (Å²) in [5.41, 5.74) is 0.942. The molecule has 0 amide bonds. The molecule has 7 nitrogen and oxygen atoms in total. The normalized spacial score (nSPS) is 19.9. The smallest absolute Gasteiger partial charge is 0.323 e. The van der Waals surface area contributed by atoms with E-state index in [1.54, 1.807) is 6.20 Å². The van der Waals surface area contributed by atoms with Gasteiger partial charge >= 0.3 is 6.01 Å². The Morgan fingerprint density at radius 1 is 1.03 bits per heavy atom. The second-order valence-electron chi connectivity index (χ2n) is 8.09. The van der Waals surface area contributed by atoms with Gasteiger partial charge in [-0.2, -0.15) is 0 Å². The Hall–Kier alpha value is -2.64. The summed E-state index contributed by atoms with van der Waals surface area (Å²) in [6, 6.07) is 13.9. The van der Waals surface area contributed by atoms with E-state index >= 15 is 0 Å². The van der Waals surface area contributed by atoms with Gasteiger partial charge in [0.05, 0.1) is 5.69 Å². The molecule has 0 spiro atoms. The number of ether oxygens (including phenoxy) is 2. The van der Waals surface area contributed by atoms with Gasteiger partial charge < -0.3 is 9.47 Å². The standard InChI is InChI=1S/C23H28ClN5O2/c1-16(28(2)3)30-23-27-26-22(29(23)19-11-9-18(24)10-12-19)17-7-13-20(14-8-17)31-21-6-4-5-15-25-21/h4-6,9-12,15-17,20H,7-8,13-14H2,1-3H3. The van der Waals surface area contributed by atoms with E-state index in [9.17, 15) is 0 Å². The molecule has 0 bridgehead atoms. The van der Waals surface area contributed by atoms with Crippen molar-refractivity contribution in [2.45, 2.75) is 50.9 Å². The van der Waals surface area contributed by atoms with Gasteiger partial charge in [0.2, 0.25) is 5.88 Å². The average Bonchev–Trinajstić information content (AvgIpc) is 3.19. The van der Waals surface area contributed by atoms with E-state index in [1.807, 2.05) is 73.0 Å². The summed E-state index contributed by atoms with van der Waals surface area (Å²) in [6.45, 7) is 1.99.